The van der Waals surface area contributed by atoms with E-state index in [0.29, 0.717) is 22.1 Å². The van der Waals surface area contributed by atoms with Gasteiger partial charge in [0.1, 0.15) is 5.52 Å². The van der Waals surface area contributed by atoms with Gasteiger partial charge < -0.3 is 5.32 Å². The van der Waals surface area contributed by atoms with Crippen LogP contribution in [0.3, 0.4) is 0 Å². The molecule has 2 aromatic carbocycles. The van der Waals surface area contributed by atoms with Gasteiger partial charge in [-0.05, 0) is 62.7 Å². The molecule has 5 rings (SSSR count). The lowest BCUT2D eigenvalue weighted by molar-refractivity contribution is -0.113. The summed E-state index contributed by atoms with van der Waals surface area (Å²) in [6.07, 6.45) is 3.71. The van der Waals surface area contributed by atoms with Crippen molar-refractivity contribution in [1.82, 2.24) is 24.2 Å². The zero-order valence-electron chi connectivity index (χ0n) is 18.9. The van der Waals surface area contributed by atoms with Gasteiger partial charge in [0.2, 0.25) is 5.91 Å². The van der Waals surface area contributed by atoms with Gasteiger partial charge in [0.15, 0.2) is 16.6 Å². The molecule has 0 aliphatic carbocycles. The Bertz CT molecular complexity index is 1550. The predicted molar refractivity (Wildman–Crippen MR) is 132 cm³/mol. The van der Waals surface area contributed by atoms with Crippen LogP contribution in [0.15, 0.2) is 66.1 Å². The van der Waals surface area contributed by atoms with Crippen molar-refractivity contribution in [2.75, 3.05) is 11.1 Å². The van der Waals surface area contributed by atoms with Crippen molar-refractivity contribution < 1.29 is 9.59 Å². The van der Waals surface area contributed by atoms with Crippen LogP contribution in [-0.4, -0.2) is 41.7 Å². The molecule has 0 aliphatic heterocycles. The summed E-state index contributed by atoms with van der Waals surface area (Å²) in [7, 11) is 0. The number of amides is 1. The lowest BCUT2D eigenvalue weighted by atomic mass is 10.0. The molecule has 1 N–H and O–H groups in total. The van der Waals surface area contributed by atoms with E-state index < -0.39 is 0 Å². The summed E-state index contributed by atoms with van der Waals surface area (Å²) in [6, 6.07) is 15.2. The highest BCUT2D eigenvalue weighted by atomic mass is 32.2. The molecule has 0 aliphatic rings. The predicted octanol–water partition coefficient (Wildman–Crippen LogP) is 4.59. The van der Waals surface area contributed by atoms with Gasteiger partial charge in [-0.1, -0.05) is 29.5 Å². The fourth-order valence-electron chi connectivity index (χ4n) is 3.75. The number of nitrogens with zero attached hydrogens (tertiary/aromatic N) is 5. The summed E-state index contributed by atoms with van der Waals surface area (Å²) in [6.45, 7) is 5.65. The quantitative estimate of drug-likeness (QED) is 0.288. The number of carbonyl (C=O) groups is 2. The topological polar surface area (TPSA) is 93.7 Å². The van der Waals surface area contributed by atoms with Crippen LogP contribution in [0.25, 0.3) is 22.4 Å². The van der Waals surface area contributed by atoms with Gasteiger partial charge in [-0.2, -0.15) is 5.10 Å². The standard InChI is InChI=1S/C25H22N6O2S/c1-15-4-5-16(2)20(12-15)21-13-22-24-27-28-25(30(24)10-11-31(22)29-21)34-14-23(33)26-19-8-6-18(7-9-19)17(3)32/h4-13H,14H2,1-3H3,(H,26,33). The maximum absolute atomic E-state index is 12.4. The molecule has 9 heteroatoms. The molecule has 3 aromatic heterocycles. The van der Waals surface area contributed by atoms with Gasteiger partial charge in [0.25, 0.3) is 0 Å². The Hall–Kier alpha value is -3.98. The van der Waals surface area contributed by atoms with Crippen LogP contribution in [0.5, 0.6) is 0 Å². The Labute approximate surface area is 200 Å². The number of rotatable bonds is 6. The number of hydrogen-bond donors (Lipinski definition) is 1. The van der Waals surface area contributed by atoms with Gasteiger partial charge in [-0.25, -0.2) is 4.52 Å². The molecule has 0 saturated heterocycles. The van der Waals surface area contributed by atoms with Crippen LogP contribution in [0, 0.1) is 13.8 Å². The maximum atomic E-state index is 12.4. The molecule has 0 spiro atoms. The van der Waals surface area contributed by atoms with E-state index in [-0.39, 0.29) is 17.4 Å². The van der Waals surface area contributed by atoms with Crippen molar-refractivity contribution >= 4 is 40.3 Å². The fourth-order valence-corrected chi connectivity index (χ4v) is 4.47. The molecule has 1 amide bonds. The number of Topliss-reactive ketones (excluding diaryl/α,β-unsaturated/α-hetero) is 1. The number of hydrogen-bond acceptors (Lipinski definition) is 6. The van der Waals surface area contributed by atoms with Crippen molar-refractivity contribution in [2.45, 2.75) is 25.9 Å². The van der Waals surface area contributed by atoms with Gasteiger partial charge in [-0.3, -0.25) is 14.0 Å². The summed E-state index contributed by atoms with van der Waals surface area (Å²) in [5.41, 5.74) is 7.06. The third-order valence-corrected chi connectivity index (χ3v) is 6.51. The summed E-state index contributed by atoms with van der Waals surface area (Å²) >= 11 is 1.30. The number of aryl methyl sites for hydroxylation is 2. The number of aromatic nitrogens is 5. The lowest BCUT2D eigenvalue weighted by Gasteiger charge is -2.05. The zero-order chi connectivity index (χ0) is 23.8. The van der Waals surface area contributed by atoms with Crippen LogP contribution < -0.4 is 5.32 Å². The van der Waals surface area contributed by atoms with Crippen LogP contribution in [0.1, 0.15) is 28.4 Å². The Morgan fingerprint density at radius 1 is 1.00 bits per heavy atom. The Kier molecular flexibility index (Phi) is 5.62. The molecule has 0 unspecified atom stereocenters. The van der Waals surface area contributed by atoms with Gasteiger partial charge >= 0.3 is 0 Å². The third-order valence-electron chi connectivity index (χ3n) is 5.56. The second kappa shape index (κ2) is 8.75. The third kappa shape index (κ3) is 4.17. The monoisotopic (exact) mass is 470 g/mol. The molecule has 0 saturated carbocycles. The Balaban J connectivity index is 1.35. The number of anilines is 1. The van der Waals surface area contributed by atoms with E-state index in [0.717, 1.165) is 22.3 Å². The van der Waals surface area contributed by atoms with E-state index in [4.69, 9.17) is 5.10 Å². The Morgan fingerprint density at radius 2 is 1.79 bits per heavy atom. The van der Waals surface area contributed by atoms with Gasteiger partial charge in [-0.15, -0.1) is 10.2 Å². The SMILES string of the molecule is CC(=O)c1ccc(NC(=O)CSc2nnc3c4cc(-c5cc(C)ccc5C)nn4ccn23)cc1. The van der Waals surface area contributed by atoms with E-state index >= 15 is 0 Å². The van der Waals surface area contributed by atoms with Crippen molar-refractivity contribution in [1.29, 1.82) is 0 Å². The molecule has 0 radical (unpaired) electrons. The lowest BCUT2D eigenvalue weighted by Crippen LogP contribution is -2.14. The van der Waals surface area contributed by atoms with Gasteiger partial charge in [0, 0.05) is 29.2 Å². The molecular formula is C25H22N6O2S. The van der Waals surface area contributed by atoms with Crippen molar-refractivity contribution in [2.24, 2.45) is 0 Å². The maximum Gasteiger partial charge on any atom is 0.234 e. The highest BCUT2D eigenvalue weighted by Gasteiger charge is 2.15. The van der Waals surface area contributed by atoms with Gasteiger partial charge in [0.05, 0.1) is 11.4 Å². The van der Waals surface area contributed by atoms with Crippen LogP contribution >= 0.6 is 11.8 Å². The van der Waals surface area contributed by atoms with Crippen LogP contribution in [0.2, 0.25) is 0 Å². The van der Waals surface area contributed by atoms with E-state index in [9.17, 15) is 9.59 Å². The molecule has 34 heavy (non-hydrogen) atoms. The summed E-state index contributed by atoms with van der Waals surface area (Å²) < 4.78 is 3.66. The van der Waals surface area contributed by atoms with E-state index in [1.165, 1.54) is 24.2 Å². The van der Waals surface area contributed by atoms with Crippen LogP contribution in [-0.2, 0) is 4.79 Å². The number of thioether (sulfide) groups is 1. The Morgan fingerprint density at radius 3 is 2.56 bits per heavy atom. The average Bonchev–Trinajstić information content (AvgIpc) is 3.43. The number of fused-ring (bicyclic) bond motifs is 3. The first kappa shape index (κ1) is 21.8. The molecule has 3 heterocycles. The molecule has 0 fully saturated rings. The molecule has 5 aromatic rings. The van der Waals surface area contributed by atoms with E-state index in [2.05, 4.69) is 47.6 Å². The van der Waals surface area contributed by atoms with E-state index in [1.807, 2.05) is 22.9 Å². The highest BCUT2D eigenvalue weighted by Crippen LogP contribution is 2.27. The van der Waals surface area contributed by atoms with E-state index in [1.54, 1.807) is 28.8 Å². The number of nitrogens with one attached hydrogen (secondary N) is 1. The summed E-state index contributed by atoms with van der Waals surface area (Å²) in [5, 5.41) is 16.8. The van der Waals surface area contributed by atoms with Crippen LogP contribution in [0.4, 0.5) is 5.69 Å². The fraction of sp³-hybridized carbons (Fsp3) is 0.160. The molecular weight excluding hydrogens is 448 g/mol. The molecule has 0 atom stereocenters. The first-order valence-corrected chi connectivity index (χ1v) is 11.7. The summed E-state index contributed by atoms with van der Waals surface area (Å²) in [5.74, 6) is -0.00604. The minimum Gasteiger partial charge on any atom is -0.325 e. The second-order valence-corrected chi connectivity index (χ2v) is 9.06. The molecule has 8 nitrogen and oxygen atoms in total. The number of ketones is 1. The minimum atomic E-state index is -0.167. The largest absolute Gasteiger partial charge is 0.325 e. The number of carbonyl (C=O) groups excluding carboxylic acids is 2. The smallest absolute Gasteiger partial charge is 0.234 e. The molecule has 170 valence electrons. The second-order valence-electron chi connectivity index (χ2n) is 8.12. The number of benzene rings is 2. The first-order valence-electron chi connectivity index (χ1n) is 10.7. The normalized spacial score (nSPS) is 11.3. The van der Waals surface area contributed by atoms with Crippen molar-refractivity contribution in [3.63, 3.8) is 0 Å². The average molecular weight is 471 g/mol. The highest BCUT2D eigenvalue weighted by molar-refractivity contribution is 7.99. The first-order chi connectivity index (χ1) is 16.4. The molecule has 0 bridgehead atoms. The summed E-state index contributed by atoms with van der Waals surface area (Å²) in [4.78, 5) is 23.8. The van der Waals surface area contributed by atoms with Crippen molar-refractivity contribution in [3.8, 4) is 11.3 Å². The van der Waals surface area contributed by atoms with Crippen molar-refractivity contribution in [3.05, 3.63) is 77.6 Å². The zero-order valence-corrected chi connectivity index (χ0v) is 19.8. The minimum absolute atomic E-state index is 0.0134.